The van der Waals surface area contributed by atoms with Crippen molar-refractivity contribution in [2.45, 2.75) is 44.9 Å². The lowest BCUT2D eigenvalue weighted by Crippen LogP contribution is -2.13. The maximum Gasteiger partial charge on any atom is 0.255 e. The van der Waals surface area contributed by atoms with E-state index in [9.17, 15) is 9.18 Å². The second-order valence-corrected chi connectivity index (χ2v) is 8.43. The third-order valence-corrected chi connectivity index (χ3v) is 5.13. The van der Waals surface area contributed by atoms with Crippen molar-refractivity contribution in [2.75, 3.05) is 5.32 Å². The molecule has 0 radical (unpaired) electrons. The quantitative estimate of drug-likeness (QED) is 0.618. The molecule has 0 spiro atoms. The Bertz CT molecular complexity index is 1010. The number of nitrogens with zero attached hydrogens (tertiary/aromatic N) is 1. The number of anilines is 1. The summed E-state index contributed by atoms with van der Waals surface area (Å²) in [7, 11) is 0. The Morgan fingerprint density at radius 3 is 2.46 bits per heavy atom. The zero-order valence-corrected chi connectivity index (χ0v) is 16.3. The fourth-order valence-electron chi connectivity index (χ4n) is 3.30. The summed E-state index contributed by atoms with van der Waals surface area (Å²) < 4.78 is 13.5. The van der Waals surface area contributed by atoms with E-state index in [1.165, 1.54) is 23.8 Å². The molecule has 2 aromatic carbocycles. The zero-order chi connectivity index (χ0) is 19.9. The standard InChI is InChI=1S/C23H24FN3O/c1-23(2,3)17-11-9-15(10-12-17)20-21(19(26-27-20)14-7-8-14)25-22(28)16-5-4-6-18(24)13-16/h4-6,9-14H,7-8H2,1-3H3,(H,25,28)(H,26,27). The van der Waals surface area contributed by atoms with Gasteiger partial charge in [-0.15, -0.1) is 0 Å². The van der Waals surface area contributed by atoms with E-state index in [0.717, 1.165) is 24.1 Å². The molecular weight excluding hydrogens is 353 g/mol. The Morgan fingerprint density at radius 2 is 1.86 bits per heavy atom. The number of halogens is 1. The molecule has 1 heterocycles. The summed E-state index contributed by atoms with van der Waals surface area (Å²) in [6.45, 7) is 6.52. The SMILES string of the molecule is CC(C)(C)c1ccc(-c2n[nH]c(C3CC3)c2NC(=O)c2cccc(F)c2)cc1. The number of hydrogen-bond acceptors (Lipinski definition) is 2. The molecule has 1 fully saturated rings. The molecule has 3 aromatic rings. The molecule has 4 rings (SSSR count). The van der Waals surface area contributed by atoms with E-state index in [-0.39, 0.29) is 16.9 Å². The first-order valence-electron chi connectivity index (χ1n) is 9.59. The average Bonchev–Trinajstić information content (AvgIpc) is 3.42. The molecule has 2 N–H and O–H groups in total. The molecule has 0 saturated heterocycles. The third kappa shape index (κ3) is 3.70. The van der Waals surface area contributed by atoms with Gasteiger partial charge in [0.05, 0.1) is 11.4 Å². The largest absolute Gasteiger partial charge is 0.319 e. The number of amides is 1. The molecule has 1 aliphatic rings. The van der Waals surface area contributed by atoms with Crippen LogP contribution in [-0.2, 0) is 5.41 Å². The normalized spacial score (nSPS) is 14.1. The summed E-state index contributed by atoms with van der Waals surface area (Å²) in [6.07, 6.45) is 2.15. The second kappa shape index (κ2) is 6.89. The summed E-state index contributed by atoms with van der Waals surface area (Å²) >= 11 is 0. The molecule has 0 aliphatic heterocycles. The Balaban J connectivity index is 1.68. The van der Waals surface area contributed by atoms with Crippen LogP contribution in [0, 0.1) is 5.82 Å². The van der Waals surface area contributed by atoms with Crippen LogP contribution in [0.3, 0.4) is 0 Å². The summed E-state index contributed by atoms with van der Waals surface area (Å²) in [5.74, 6) is -0.381. The highest BCUT2D eigenvalue weighted by Crippen LogP contribution is 2.45. The lowest BCUT2D eigenvalue weighted by molar-refractivity contribution is 0.102. The molecule has 1 aliphatic carbocycles. The Labute approximate surface area is 164 Å². The molecule has 1 aromatic heterocycles. The van der Waals surface area contributed by atoms with Crippen molar-refractivity contribution < 1.29 is 9.18 Å². The Morgan fingerprint density at radius 1 is 1.14 bits per heavy atom. The number of aromatic amines is 1. The number of benzene rings is 2. The molecule has 4 nitrogen and oxygen atoms in total. The van der Waals surface area contributed by atoms with Gasteiger partial charge in [0.25, 0.3) is 5.91 Å². The number of carbonyl (C=O) groups is 1. The summed E-state index contributed by atoms with van der Waals surface area (Å²) in [4.78, 5) is 12.7. The van der Waals surface area contributed by atoms with Gasteiger partial charge in [0.2, 0.25) is 0 Å². The van der Waals surface area contributed by atoms with Gasteiger partial charge in [0.15, 0.2) is 0 Å². The van der Waals surface area contributed by atoms with Crippen LogP contribution in [0.1, 0.15) is 61.1 Å². The molecule has 0 atom stereocenters. The third-order valence-electron chi connectivity index (χ3n) is 5.13. The summed E-state index contributed by atoms with van der Waals surface area (Å²) in [5, 5.41) is 10.6. The average molecular weight is 377 g/mol. The molecule has 1 saturated carbocycles. The Kier molecular flexibility index (Phi) is 4.53. The fourth-order valence-corrected chi connectivity index (χ4v) is 3.30. The van der Waals surface area contributed by atoms with E-state index in [1.807, 2.05) is 12.1 Å². The molecule has 5 heteroatoms. The van der Waals surface area contributed by atoms with Gasteiger partial charge < -0.3 is 5.32 Å². The monoisotopic (exact) mass is 377 g/mol. The van der Waals surface area contributed by atoms with Gasteiger partial charge in [0.1, 0.15) is 11.5 Å². The van der Waals surface area contributed by atoms with Gasteiger partial charge in [0, 0.05) is 17.0 Å². The first-order chi connectivity index (χ1) is 13.3. The summed E-state index contributed by atoms with van der Waals surface area (Å²) in [5.41, 5.74) is 4.88. The van der Waals surface area contributed by atoms with Crippen LogP contribution in [0.25, 0.3) is 11.3 Å². The van der Waals surface area contributed by atoms with Crippen LogP contribution >= 0.6 is 0 Å². The van der Waals surface area contributed by atoms with E-state index in [0.29, 0.717) is 17.3 Å². The van der Waals surface area contributed by atoms with Gasteiger partial charge in [-0.2, -0.15) is 5.10 Å². The van der Waals surface area contributed by atoms with Crippen LogP contribution in [0.15, 0.2) is 48.5 Å². The van der Waals surface area contributed by atoms with Gasteiger partial charge in [-0.05, 0) is 42.0 Å². The molecule has 0 bridgehead atoms. The lowest BCUT2D eigenvalue weighted by atomic mass is 9.86. The number of hydrogen-bond donors (Lipinski definition) is 2. The zero-order valence-electron chi connectivity index (χ0n) is 16.3. The van der Waals surface area contributed by atoms with Crippen molar-refractivity contribution in [2.24, 2.45) is 0 Å². The van der Waals surface area contributed by atoms with Crippen LogP contribution in [0.5, 0.6) is 0 Å². The molecule has 28 heavy (non-hydrogen) atoms. The highest BCUT2D eigenvalue weighted by molar-refractivity contribution is 6.06. The van der Waals surface area contributed by atoms with Crippen molar-refractivity contribution in [1.82, 2.24) is 10.2 Å². The lowest BCUT2D eigenvalue weighted by Gasteiger charge is -2.19. The van der Waals surface area contributed by atoms with Crippen molar-refractivity contribution >= 4 is 11.6 Å². The summed E-state index contributed by atoms with van der Waals surface area (Å²) in [6, 6.07) is 14.0. The number of nitrogens with one attached hydrogen (secondary N) is 2. The van der Waals surface area contributed by atoms with E-state index in [2.05, 4.69) is 48.4 Å². The number of rotatable bonds is 4. The van der Waals surface area contributed by atoms with E-state index in [4.69, 9.17) is 0 Å². The Hall–Kier alpha value is -2.95. The van der Waals surface area contributed by atoms with Crippen molar-refractivity contribution in [3.63, 3.8) is 0 Å². The van der Waals surface area contributed by atoms with Crippen molar-refractivity contribution in [3.8, 4) is 11.3 Å². The maximum atomic E-state index is 13.5. The fraction of sp³-hybridized carbons (Fsp3) is 0.304. The maximum absolute atomic E-state index is 13.5. The van der Waals surface area contributed by atoms with E-state index in [1.54, 1.807) is 6.07 Å². The minimum absolute atomic E-state index is 0.0672. The van der Waals surface area contributed by atoms with Crippen molar-refractivity contribution in [3.05, 3.63) is 71.2 Å². The first-order valence-corrected chi connectivity index (χ1v) is 9.59. The van der Waals surface area contributed by atoms with Crippen LogP contribution < -0.4 is 5.32 Å². The topological polar surface area (TPSA) is 57.8 Å². The van der Waals surface area contributed by atoms with Gasteiger partial charge in [-0.3, -0.25) is 9.89 Å². The number of carbonyl (C=O) groups excluding carboxylic acids is 1. The van der Waals surface area contributed by atoms with E-state index >= 15 is 0 Å². The van der Waals surface area contributed by atoms with Crippen LogP contribution in [0.2, 0.25) is 0 Å². The van der Waals surface area contributed by atoms with Crippen LogP contribution in [-0.4, -0.2) is 16.1 Å². The van der Waals surface area contributed by atoms with E-state index < -0.39 is 5.82 Å². The number of H-pyrrole nitrogens is 1. The van der Waals surface area contributed by atoms with Gasteiger partial charge in [-0.1, -0.05) is 51.1 Å². The molecule has 144 valence electrons. The predicted octanol–water partition coefficient (Wildman–Crippen LogP) is 5.64. The highest BCUT2D eigenvalue weighted by Gasteiger charge is 2.31. The van der Waals surface area contributed by atoms with Gasteiger partial charge in [-0.25, -0.2) is 4.39 Å². The number of aromatic nitrogens is 2. The highest BCUT2D eigenvalue weighted by atomic mass is 19.1. The molecule has 0 unspecified atom stereocenters. The first kappa shape index (κ1) is 18.4. The van der Waals surface area contributed by atoms with Crippen molar-refractivity contribution in [1.29, 1.82) is 0 Å². The smallest absolute Gasteiger partial charge is 0.255 e. The second-order valence-electron chi connectivity index (χ2n) is 8.43. The molecule has 1 amide bonds. The van der Waals surface area contributed by atoms with Gasteiger partial charge >= 0.3 is 0 Å². The minimum atomic E-state index is -0.430. The predicted molar refractivity (Wildman–Crippen MR) is 109 cm³/mol. The molecular formula is C23H24FN3O. The van der Waals surface area contributed by atoms with Crippen LogP contribution in [0.4, 0.5) is 10.1 Å². The minimum Gasteiger partial charge on any atom is -0.319 e.